The molecule has 0 bridgehead atoms. The van der Waals surface area contributed by atoms with Crippen LogP contribution in [0.2, 0.25) is 0 Å². The van der Waals surface area contributed by atoms with Crippen LogP contribution in [0.25, 0.3) is 0 Å². The monoisotopic (exact) mass is 1460 g/mol. The fourth-order valence-corrected chi connectivity index (χ4v) is 12.2. The number of sulfonamides is 3. The van der Waals surface area contributed by atoms with E-state index in [0.717, 1.165) is 20.7 Å². The lowest BCUT2D eigenvalue weighted by Gasteiger charge is -2.25. The van der Waals surface area contributed by atoms with Crippen molar-refractivity contribution in [2.24, 2.45) is 0 Å². The number of benzene rings is 3. The first kappa shape index (κ1) is 89.5. The molecule has 0 aliphatic carbocycles. The van der Waals surface area contributed by atoms with Crippen LogP contribution < -0.4 is 14.2 Å². The Kier molecular flexibility index (Phi) is 48.9. The van der Waals surface area contributed by atoms with Gasteiger partial charge >= 0.3 is 0 Å². The predicted octanol–water partition coefficient (Wildman–Crippen LogP) is 0.235. The first-order chi connectivity index (χ1) is 45.9. The van der Waals surface area contributed by atoms with Crippen LogP contribution in [0.5, 0.6) is 40.2 Å². The molecule has 34 nitrogen and oxygen atoms in total. The van der Waals surface area contributed by atoms with Crippen LogP contribution in [0.4, 0.5) is 0 Å². The van der Waals surface area contributed by atoms with Gasteiger partial charge in [0.1, 0.15) is 20.4 Å². The molecule has 3 aromatic rings. The average Bonchev–Trinajstić information content (AvgIpc) is 0.791. The number of phenols is 6. The molecule has 0 radical (unpaired) electrons. The molecule has 38 heteroatoms. The van der Waals surface area contributed by atoms with Gasteiger partial charge in [0.25, 0.3) is 11.3 Å². The summed E-state index contributed by atoms with van der Waals surface area (Å²) in [4.78, 5) is 0.645. The minimum atomic E-state index is -4.25. The Morgan fingerprint density at radius 3 is 1.26 bits per heavy atom. The van der Waals surface area contributed by atoms with Crippen LogP contribution in [-0.4, -0.2) is 333 Å². The number of rotatable bonds is 55. The van der Waals surface area contributed by atoms with E-state index in [2.05, 4.69) is 10.0 Å². The summed E-state index contributed by atoms with van der Waals surface area (Å²) in [6.07, 6.45) is 0. The van der Waals surface area contributed by atoms with Gasteiger partial charge in [-0.05, 0) is 35.4 Å². The third-order valence-corrected chi connectivity index (χ3v) is 19.1. The van der Waals surface area contributed by atoms with Crippen LogP contribution in [0.3, 0.4) is 0 Å². The summed E-state index contributed by atoms with van der Waals surface area (Å²) in [6.45, 7) is 9.56. The summed E-state index contributed by atoms with van der Waals surface area (Å²) >= 11 is -1.95. The van der Waals surface area contributed by atoms with E-state index in [9.17, 15) is 60.1 Å². The molecule has 1 unspecified atom stereocenters. The fraction of sp³-hybridized carbons (Fsp3) is 0.690. The Labute approximate surface area is 568 Å². The molecule has 0 saturated heterocycles. The van der Waals surface area contributed by atoms with E-state index in [1.54, 1.807) is 35.5 Å². The maximum Gasteiger partial charge on any atom is 0.290 e. The first-order valence-electron chi connectivity index (χ1n) is 30.1. The third-order valence-electron chi connectivity index (χ3n) is 12.9. The number of likely N-dealkylation sites (N-methyl/N-ethyl adjacent to an activating group) is 2. The third kappa shape index (κ3) is 36.0. The van der Waals surface area contributed by atoms with Crippen molar-refractivity contribution in [1.82, 2.24) is 27.9 Å². The van der Waals surface area contributed by atoms with Gasteiger partial charge in [0.15, 0.2) is 34.5 Å². The van der Waals surface area contributed by atoms with Gasteiger partial charge in [-0.3, -0.25) is 4.90 Å². The lowest BCUT2D eigenvalue weighted by molar-refractivity contribution is 0.0364. The van der Waals surface area contributed by atoms with Crippen molar-refractivity contribution in [2.75, 3.05) is 255 Å². The van der Waals surface area contributed by atoms with Crippen molar-refractivity contribution >= 4 is 41.3 Å². The van der Waals surface area contributed by atoms with Crippen LogP contribution in [0, 0.1) is 0 Å². The number of aromatic hydroxyl groups is 6. The Bertz CT molecular complexity index is 2900. The molecule has 0 saturated carbocycles. The maximum absolute atomic E-state index is 13.7. The van der Waals surface area contributed by atoms with Gasteiger partial charge in [-0.1, -0.05) is 0 Å². The number of hydrogen-bond donors (Lipinski definition) is 8. The molecular formula is C58H104N6O28S4. The molecule has 1 atom stereocenters. The Morgan fingerprint density at radius 1 is 0.406 bits per heavy atom. The topological polar surface area (TPSA) is 416 Å². The second kappa shape index (κ2) is 52.5. The second-order valence-electron chi connectivity index (χ2n) is 20.1. The highest BCUT2D eigenvalue weighted by molar-refractivity contribution is 7.90. The molecule has 0 spiro atoms. The van der Waals surface area contributed by atoms with Gasteiger partial charge in [-0.25, -0.2) is 30.0 Å². The van der Waals surface area contributed by atoms with Crippen molar-refractivity contribution < 1.29 is 131 Å². The normalized spacial score (nSPS) is 12.4. The molecular weight excluding hydrogens is 1360 g/mol. The van der Waals surface area contributed by atoms with E-state index in [1.165, 1.54) is 64.0 Å². The van der Waals surface area contributed by atoms with Gasteiger partial charge in [0.2, 0.25) is 30.1 Å². The molecule has 0 heterocycles. The first-order valence-corrected chi connectivity index (χ1v) is 35.5. The van der Waals surface area contributed by atoms with E-state index < -0.39 is 90.5 Å². The lowest BCUT2D eigenvalue weighted by atomic mass is 10.2. The van der Waals surface area contributed by atoms with E-state index in [1.807, 2.05) is 4.90 Å². The molecule has 0 fully saturated rings. The smallest absolute Gasteiger partial charge is 0.290 e. The largest absolute Gasteiger partial charge is 0.504 e. The lowest BCUT2D eigenvalue weighted by Crippen LogP contribution is -2.37. The number of ether oxygens (including phenoxy) is 14. The van der Waals surface area contributed by atoms with Crippen LogP contribution >= 0.6 is 0 Å². The van der Waals surface area contributed by atoms with Gasteiger partial charge in [-0.2, -0.15) is 17.1 Å². The van der Waals surface area contributed by atoms with Gasteiger partial charge in [-0.15, -0.1) is 0 Å². The van der Waals surface area contributed by atoms with Crippen molar-refractivity contribution in [3.05, 3.63) is 47.5 Å². The molecule has 0 amide bonds. The van der Waals surface area contributed by atoms with Gasteiger partial charge in [0, 0.05) is 149 Å². The highest BCUT2D eigenvalue weighted by Crippen LogP contribution is 2.39. The Balaban J connectivity index is 0.000000749. The zero-order chi connectivity index (χ0) is 71.8. The second-order valence-corrected chi connectivity index (χ2v) is 26.9. The quantitative estimate of drug-likeness (QED) is 0.0277. The summed E-state index contributed by atoms with van der Waals surface area (Å²) in [5.74, 6) is -4.17. The van der Waals surface area contributed by atoms with Crippen LogP contribution in [0.1, 0.15) is 11.1 Å². The SMILES string of the molecule is COCCN(C)S(=O)Oc1cc(O)c(O)c(S(=O)(=O)N(C)CCOC)c1.COCCOCCN(CCOCCOC)Cc1cc(O)c(O)c(S(=O)(=O)N(CCOCCOC)CCOCCOC)c1.COCCOCCNCc1cc(O)c(O)c(S(=O)(=O)NCCOCCOC)c1. The van der Waals surface area contributed by atoms with Crippen molar-refractivity contribution in [3.8, 4) is 40.2 Å². The fourth-order valence-electron chi connectivity index (χ4n) is 7.56. The molecule has 3 rings (SSSR count). The minimum absolute atomic E-state index is 0.00780. The number of hydrogen-bond acceptors (Lipinski definition) is 30. The number of nitrogens with zero attached hydrogens (tertiary/aromatic N) is 4. The summed E-state index contributed by atoms with van der Waals surface area (Å²) in [7, 11) is 2.77. The van der Waals surface area contributed by atoms with Crippen molar-refractivity contribution in [1.29, 1.82) is 0 Å². The summed E-state index contributed by atoms with van der Waals surface area (Å²) < 4.78 is 172. The average molecular weight is 1460 g/mol. The maximum atomic E-state index is 13.7. The molecule has 0 aliphatic heterocycles. The van der Waals surface area contributed by atoms with E-state index >= 15 is 0 Å². The minimum Gasteiger partial charge on any atom is -0.504 e. The van der Waals surface area contributed by atoms with Crippen molar-refractivity contribution in [3.63, 3.8) is 0 Å². The van der Waals surface area contributed by atoms with Crippen LogP contribution in [0.15, 0.2) is 51.1 Å². The van der Waals surface area contributed by atoms with Gasteiger partial charge < -0.3 is 106 Å². The zero-order valence-electron chi connectivity index (χ0n) is 56.8. The van der Waals surface area contributed by atoms with Crippen LogP contribution in [-0.2, 0) is 121 Å². The Hall–Kier alpha value is -4.54. The summed E-state index contributed by atoms with van der Waals surface area (Å²) in [6, 6.07) is 7.31. The molecule has 96 heavy (non-hydrogen) atoms. The number of nitrogens with one attached hydrogen (secondary N) is 2. The zero-order valence-corrected chi connectivity index (χ0v) is 60.0. The van der Waals surface area contributed by atoms with E-state index in [-0.39, 0.29) is 64.9 Å². The highest BCUT2D eigenvalue weighted by Gasteiger charge is 2.31. The highest BCUT2D eigenvalue weighted by atomic mass is 32.2. The number of phenolic OH excluding ortho intramolecular Hbond substituents is 6. The molecule has 0 aromatic heterocycles. The van der Waals surface area contributed by atoms with Gasteiger partial charge in [0.05, 0.1) is 132 Å². The van der Waals surface area contributed by atoms with Crippen molar-refractivity contribution in [2.45, 2.75) is 27.8 Å². The Morgan fingerprint density at radius 2 is 0.792 bits per heavy atom. The standard InChI is InChI=1S/C27H50N2O12S.C17H30N2O8S.C14H24N2O8S2/c1-34-13-17-38-9-5-28(6-10-39-18-14-35-2)23-24-21-25(30)27(31)26(22-24)42(32,33)29(7-11-40-19-15-36-3)8-12-41-20-16-37-4;1-24-7-9-26-5-3-18-13-14-11-15(20)17(21)16(12-14)28(22,23)19-4-6-27-10-8-25-2;1-15(5-7-22-3)25(19)24-11-9-12(17)14(18)13(10-11)26(20,21)16(2)6-8-23-4/h21-22,30-31H,5-20,23H2,1-4H3;11-12,18-21H,3-10,13H2,1-2H3;9-10,17-18H,5-8H2,1-4H3. The molecule has 3 aromatic carbocycles. The van der Waals surface area contributed by atoms with E-state index in [4.69, 9.17) is 70.5 Å². The summed E-state index contributed by atoms with van der Waals surface area (Å²) in [5.41, 5.74) is 0.995. The molecule has 0 aliphatic rings. The molecule has 8 N–H and O–H groups in total. The summed E-state index contributed by atoms with van der Waals surface area (Å²) in [5, 5.41) is 63.8. The van der Waals surface area contributed by atoms with E-state index in [0.29, 0.717) is 150 Å². The predicted molar refractivity (Wildman–Crippen MR) is 351 cm³/mol. The number of methoxy groups -OCH3 is 8. The molecule has 558 valence electrons.